The Balaban J connectivity index is 0.000000346. The molecule has 1 heterocycles. The van der Waals surface area contributed by atoms with Crippen molar-refractivity contribution in [3.05, 3.63) is 35.4 Å². The normalized spacial score (nSPS) is 19.7. The Morgan fingerprint density at radius 1 is 1.18 bits per heavy atom. The first-order valence-corrected chi connectivity index (χ1v) is 6.71. The van der Waals surface area contributed by atoms with Crippen molar-refractivity contribution in [1.82, 2.24) is 5.32 Å². The van der Waals surface area contributed by atoms with Crippen molar-refractivity contribution >= 4 is 17.9 Å². The lowest BCUT2D eigenvalue weighted by Gasteiger charge is -2.19. The Morgan fingerprint density at radius 2 is 1.77 bits per heavy atom. The highest BCUT2D eigenvalue weighted by Gasteiger charge is 2.34. The number of ether oxygens (including phenoxy) is 1. The van der Waals surface area contributed by atoms with E-state index in [0.717, 1.165) is 13.0 Å². The van der Waals surface area contributed by atoms with Crippen LogP contribution in [0.25, 0.3) is 0 Å². The van der Waals surface area contributed by atoms with E-state index in [4.69, 9.17) is 24.5 Å². The van der Waals surface area contributed by atoms with Gasteiger partial charge in [-0.2, -0.15) is 0 Å². The van der Waals surface area contributed by atoms with Crippen molar-refractivity contribution in [1.29, 1.82) is 0 Å². The van der Waals surface area contributed by atoms with E-state index in [9.17, 15) is 4.79 Å². The molecule has 1 aromatic carbocycles. The fourth-order valence-corrected chi connectivity index (χ4v) is 2.37. The number of hydrogen-bond donors (Lipinski definition) is 3. The number of rotatable bonds is 2. The topological polar surface area (TPSA) is 113 Å². The molecule has 0 aliphatic carbocycles. The fourth-order valence-electron chi connectivity index (χ4n) is 2.37. The SMILES string of the molecule is COC(=O)[C@@H]1CCN[C@@H]1c1ccccc1C.O=C(O)C(=O)O. The van der Waals surface area contributed by atoms with Crippen molar-refractivity contribution in [2.75, 3.05) is 13.7 Å². The predicted molar refractivity (Wildman–Crippen MR) is 77.3 cm³/mol. The maximum absolute atomic E-state index is 11.6. The predicted octanol–water partition coefficient (Wildman–Crippen LogP) is 0.974. The van der Waals surface area contributed by atoms with Gasteiger partial charge in [0, 0.05) is 6.04 Å². The summed E-state index contributed by atoms with van der Waals surface area (Å²) in [6, 6.07) is 8.28. The van der Waals surface area contributed by atoms with Gasteiger partial charge in [-0.05, 0) is 31.0 Å². The van der Waals surface area contributed by atoms with E-state index in [2.05, 4.69) is 24.4 Å². The number of carbonyl (C=O) groups is 3. The largest absolute Gasteiger partial charge is 0.473 e. The van der Waals surface area contributed by atoms with Crippen LogP contribution in [0.3, 0.4) is 0 Å². The molecule has 2 rings (SSSR count). The highest BCUT2D eigenvalue weighted by molar-refractivity contribution is 6.27. The van der Waals surface area contributed by atoms with E-state index in [1.807, 2.05) is 12.1 Å². The van der Waals surface area contributed by atoms with Gasteiger partial charge >= 0.3 is 17.9 Å². The lowest BCUT2D eigenvalue weighted by molar-refractivity contribution is -0.159. The molecule has 1 aliphatic rings. The van der Waals surface area contributed by atoms with Crippen molar-refractivity contribution in [3.8, 4) is 0 Å². The molecule has 1 aromatic rings. The number of aryl methyl sites for hydroxylation is 1. The minimum atomic E-state index is -1.82. The monoisotopic (exact) mass is 309 g/mol. The maximum Gasteiger partial charge on any atom is 0.414 e. The van der Waals surface area contributed by atoms with E-state index in [1.165, 1.54) is 18.2 Å². The Bertz CT molecular complexity index is 545. The smallest absolute Gasteiger partial charge is 0.414 e. The molecule has 0 saturated carbocycles. The van der Waals surface area contributed by atoms with Crippen LogP contribution < -0.4 is 5.32 Å². The van der Waals surface area contributed by atoms with Gasteiger partial charge in [0.2, 0.25) is 0 Å². The van der Waals surface area contributed by atoms with Gasteiger partial charge < -0.3 is 20.3 Å². The van der Waals surface area contributed by atoms with Crippen molar-refractivity contribution < 1.29 is 29.3 Å². The van der Waals surface area contributed by atoms with Crippen LogP contribution in [0.2, 0.25) is 0 Å². The summed E-state index contributed by atoms with van der Waals surface area (Å²) in [6.45, 7) is 2.95. The Labute approximate surface area is 127 Å². The number of esters is 1. The van der Waals surface area contributed by atoms with Crippen LogP contribution in [0.5, 0.6) is 0 Å². The Morgan fingerprint density at radius 3 is 2.27 bits per heavy atom. The second-order valence-corrected chi connectivity index (χ2v) is 4.82. The van der Waals surface area contributed by atoms with Crippen molar-refractivity contribution in [2.45, 2.75) is 19.4 Å². The first kappa shape index (κ1) is 17.6. The molecule has 2 atom stereocenters. The summed E-state index contributed by atoms with van der Waals surface area (Å²) in [6.07, 6.45) is 0.853. The summed E-state index contributed by atoms with van der Waals surface area (Å²) in [5, 5.41) is 18.2. The second-order valence-electron chi connectivity index (χ2n) is 4.82. The average molecular weight is 309 g/mol. The molecule has 7 heteroatoms. The number of aliphatic carboxylic acids is 2. The minimum absolute atomic E-state index is 0.0499. The van der Waals surface area contributed by atoms with Crippen LogP contribution in [-0.2, 0) is 19.1 Å². The number of hydrogen-bond acceptors (Lipinski definition) is 5. The Hall–Kier alpha value is -2.41. The van der Waals surface area contributed by atoms with Gasteiger partial charge in [0.05, 0.1) is 13.0 Å². The van der Waals surface area contributed by atoms with Crippen molar-refractivity contribution in [3.63, 3.8) is 0 Å². The molecule has 0 spiro atoms. The molecule has 7 nitrogen and oxygen atoms in total. The molecular formula is C15H19NO6. The molecule has 22 heavy (non-hydrogen) atoms. The number of methoxy groups -OCH3 is 1. The molecule has 0 aromatic heterocycles. The molecule has 1 fully saturated rings. The summed E-state index contributed by atoms with van der Waals surface area (Å²) in [5.41, 5.74) is 2.42. The quantitative estimate of drug-likeness (QED) is 0.551. The zero-order chi connectivity index (χ0) is 16.7. The highest BCUT2D eigenvalue weighted by Crippen LogP contribution is 2.31. The van der Waals surface area contributed by atoms with Gasteiger partial charge in [-0.15, -0.1) is 0 Å². The molecule has 1 saturated heterocycles. The summed E-state index contributed by atoms with van der Waals surface area (Å²) < 4.78 is 4.85. The van der Waals surface area contributed by atoms with Gasteiger partial charge in [0.1, 0.15) is 0 Å². The number of nitrogens with one attached hydrogen (secondary N) is 1. The average Bonchev–Trinajstić information content (AvgIpc) is 2.96. The molecule has 0 unspecified atom stereocenters. The zero-order valence-electron chi connectivity index (χ0n) is 12.4. The van der Waals surface area contributed by atoms with E-state index < -0.39 is 11.9 Å². The lowest BCUT2D eigenvalue weighted by Crippen LogP contribution is -2.25. The number of carbonyl (C=O) groups excluding carboxylic acids is 1. The molecule has 120 valence electrons. The van der Waals surface area contributed by atoms with E-state index in [-0.39, 0.29) is 17.9 Å². The summed E-state index contributed by atoms with van der Waals surface area (Å²) in [5.74, 6) is -3.81. The maximum atomic E-state index is 11.6. The van der Waals surface area contributed by atoms with Gasteiger partial charge in [0.15, 0.2) is 0 Å². The minimum Gasteiger partial charge on any atom is -0.473 e. The molecule has 3 N–H and O–H groups in total. The highest BCUT2D eigenvalue weighted by atomic mass is 16.5. The van der Waals surface area contributed by atoms with Gasteiger partial charge in [-0.1, -0.05) is 24.3 Å². The standard InChI is InChI=1S/C13H17NO2.C2H2O4/c1-9-5-3-4-6-10(9)12-11(7-8-14-12)13(15)16-2;3-1(4)2(5)6/h3-6,11-12,14H,7-8H2,1-2H3;(H,3,4)(H,5,6)/t11-,12-;/m1./s1. The van der Waals surface area contributed by atoms with Gasteiger partial charge in [0.25, 0.3) is 0 Å². The Kier molecular flexibility index (Phi) is 6.52. The van der Waals surface area contributed by atoms with Crippen LogP contribution in [0, 0.1) is 12.8 Å². The number of carboxylic acids is 2. The third-order valence-electron chi connectivity index (χ3n) is 3.43. The third-order valence-corrected chi connectivity index (χ3v) is 3.43. The van der Waals surface area contributed by atoms with Gasteiger partial charge in [-0.25, -0.2) is 9.59 Å². The van der Waals surface area contributed by atoms with Crippen LogP contribution in [-0.4, -0.2) is 41.8 Å². The molecule has 1 aliphatic heterocycles. The number of carboxylic acid groups (broad SMARTS) is 2. The van der Waals surface area contributed by atoms with Crippen LogP contribution in [0.1, 0.15) is 23.6 Å². The number of benzene rings is 1. The summed E-state index contributed by atoms with van der Waals surface area (Å²) in [7, 11) is 1.45. The van der Waals surface area contributed by atoms with E-state index in [1.54, 1.807) is 0 Å². The van der Waals surface area contributed by atoms with E-state index in [0.29, 0.717) is 0 Å². The fraction of sp³-hybridized carbons (Fsp3) is 0.400. The van der Waals surface area contributed by atoms with Crippen molar-refractivity contribution in [2.24, 2.45) is 5.92 Å². The third kappa shape index (κ3) is 4.56. The van der Waals surface area contributed by atoms with Crippen LogP contribution in [0.4, 0.5) is 0 Å². The molecule has 0 amide bonds. The van der Waals surface area contributed by atoms with Crippen LogP contribution in [0.15, 0.2) is 24.3 Å². The molecular weight excluding hydrogens is 290 g/mol. The summed E-state index contributed by atoms with van der Waals surface area (Å²) in [4.78, 5) is 29.8. The van der Waals surface area contributed by atoms with Gasteiger partial charge in [-0.3, -0.25) is 4.79 Å². The molecule has 0 radical (unpaired) electrons. The lowest BCUT2D eigenvalue weighted by atomic mass is 9.91. The van der Waals surface area contributed by atoms with E-state index >= 15 is 0 Å². The first-order valence-electron chi connectivity index (χ1n) is 6.71. The van der Waals surface area contributed by atoms with Crippen LogP contribution >= 0.6 is 0 Å². The summed E-state index contributed by atoms with van der Waals surface area (Å²) >= 11 is 0. The second kappa shape index (κ2) is 8.14. The first-order chi connectivity index (χ1) is 10.4. The molecule has 0 bridgehead atoms. The zero-order valence-corrected chi connectivity index (χ0v) is 12.4.